The van der Waals surface area contributed by atoms with Crippen molar-refractivity contribution >= 4 is 0 Å². The summed E-state index contributed by atoms with van der Waals surface area (Å²) in [6, 6.07) is 0.720. The smallest absolute Gasteiger partial charge is 0.0303 e. The van der Waals surface area contributed by atoms with Gasteiger partial charge in [-0.15, -0.1) is 0 Å². The van der Waals surface area contributed by atoms with Crippen molar-refractivity contribution in [1.29, 1.82) is 0 Å². The number of hydrogen-bond donors (Lipinski definition) is 1. The minimum absolute atomic E-state index is 0.189. The van der Waals surface area contributed by atoms with Crippen molar-refractivity contribution < 1.29 is 0 Å². The van der Waals surface area contributed by atoms with Gasteiger partial charge in [0.05, 0.1) is 0 Å². The van der Waals surface area contributed by atoms with Crippen LogP contribution in [0.2, 0.25) is 0 Å². The van der Waals surface area contributed by atoms with Crippen LogP contribution in [0.4, 0.5) is 0 Å². The lowest BCUT2D eigenvalue weighted by atomic mass is 9.89. The van der Waals surface area contributed by atoms with E-state index in [0.717, 1.165) is 12.6 Å². The van der Waals surface area contributed by atoms with E-state index in [9.17, 15) is 0 Å². The van der Waals surface area contributed by atoms with Crippen LogP contribution in [0.5, 0.6) is 0 Å². The van der Waals surface area contributed by atoms with Gasteiger partial charge in [0.15, 0.2) is 0 Å². The summed E-state index contributed by atoms with van der Waals surface area (Å²) in [7, 11) is 2.30. The summed E-state index contributed by atoms with van der Waals surface area (Å²) in [5, 5.41) is 0. The van der Waals surface area contributed by atoms with Crippen molar-refractivity contribution in [3.05, 3.63) is 0 Å². The molecule has 1 heterocycles. The molecule has 0 bridgehead atoms. The van der Waals surface area contributed by atoms with Crippen molar-refractivity contribution in [2.24, 2.45) is 5.73 Å². The largest absolute Gasteiger partial charge is 0.329 e. The molecule has 1 unspecified atom stereocenters. The average molecular weight is 269 g/mol. The number of nitrogens with two attached hydrogens (primary N) is 1. The van der Waals surface area contributed by atoms with Gasteiger partial charge >= 0.3 is 0 Å². The lowest BCUT2D eigenvalue weighted by Gasteiger charge is -2.46. The summed E-state index contributed by atoms with van der Waals surface area (Å²) >= 11 is 0. The topological polar surface area (TPSA) is 32.5 Å². The maximum atomic E-state index is 6.10. The normalized spacial score (nSPS) is 21.8. The molecule has 1 rings (SSSR count). The van der Waals surface area contributed by atoms with Gasteiger partial charge < -0.3 is 10.6 Å². The molecule has 0 amide bonds. The van der Waals surface area contributed by atoms with Crippen molar-refractivity contribution in [2.45, 2.75) is 70.9 Å². The third-order valence-corrected chi connectivity index (χ3v) is 5.16. The molecule has 19 heavy (non-hydrogen) atoms. The highest BCUT2D eigenvalue weighted by molar-refractivity contribution is 4.91. The Kier molecular flexibility index (Phi) is 7.33. The number of likely N-dealkylation sites (tertiary alicyclic amines) is 1. The van der Waals surface area contributed by atoms with Crippen molar-refractivity contribution in [2.75, 3.05) is 33.2 Å². The molecule has 3 nitrogen and oxygen atoms in total. The summed E-state index contributed by atoms with van der Waals surface area (Å²) < 4.78 is 0. The maximum absolute atomic E-state index is 6.10. The Morgan fingerprint density at radius 1 is 1.21 bits per heavy atom. The molecular formula is C16H35N3. The van der Waals surface area contributed by atoms with Crippen molar-refractivity contribution in [3.8, 4) is 0 Å². The van der Waals surface area contributed by atoms with Gasteiger partial charge in [-0.2, -0.15) is 0 Å². The SMILES string of the molecule is CCCCCC(C)(CN)N(C)C1CCN(CC)CC1. The third kappa shape index (κ3) is 4.73. The monoisotopic (exact) mass is 269 g/mol. The first-order valence-corrected chi connectivity index (χ1v) is 8.22. The second-order valence-electron chi connectivity index (χ2n) is 6.43. The quantitative estimate of drug-likeness (QED) is 0.688. The Bertz CT molecular complexity index is 236. The Balaban J connectivity index is 2.50. The van der Waals surface area contributed by atoms with E-state index in [4.69, 9.17) is 5.73 Å². The molecule has 0 saturated carbocycles. The van der Waals surface area contributed by atoms with Crippen LogP contribution in [0.15, 0.2) is 0 Å². The van der Waals surface area contributed by atoms with E-state index in [2.05, 4.69) is 37.6 Å². The molecule has 0 aliphatic carbocycles. The van der Waals surface area contributed by atoms with E-state index in [0.29, 0.717) is 0 Å². The first-order chi connectivity index (χ1) is 9.07. The van der Waals surface area contributed by atoms with Gasteiger partial charge in [0.2, 0.25) is 0 Å². The molecule has 0 radical (unpaired) electrons. The zero-order valence-corrected chi connectivity index (χ0v) is 13.6. The minimum Gasteiger partial charge on any atom is -0.329 e. The fraction of sp³-hybridized carbons (Fsp3) is 1.00. The van der Waals surface area contributed by atoms with Crippen molar-refractivity contribution in [3.63, 3.8) is 0 Å². The fourth-order valence-corrected chi connectivity index (χ4v) is 3.24. The molecule has 0 aromatic heterocycles. The second kappa shape index (κ2) is 8.23. The lowest BCUT2D eigenvalue weighted by Crippen LogP contribution is -2.56. The second-order valence-corrected chi connectivity index (χ2v) is 6.43. The number of hydrogen-bond acceptors (Lipinski definition) is 3. The van der Waals surface area contributed by atoms with Crippen LogP contribution in [0.3, 0.4) is 0 Å². The van der Waals surface area contributed by atoms with E-state index in [1.165, 1.54) is 58.2 Å². The Hall–Kier alpha value is -0.120. The number of piperidine rings is 1. The zero-order valence-electron chi connectivity index (χ0n) is 13.6. The van der Waals surface area contributed by atoms with Gasteiger partial charge in [-0.3, -0.25) is 4.90 Å². The highest BCUT2D eigenvalue weighted by atomic mass is 15.2. The number of nitrogens with zero attached hydrogens (tertiary/aromatic N) is 2. The van der Waals surface area contributed by atoms with Gasteiger partial charge in [0, 0.05) is 18.1 Å². The molecule has 0 aromatic rings. The molecule has 0 spiro atoms. The van der Waals surface area contributed by atoms with Gasteiger partial charge in [-0.1, -0.05) is 33.1 Å². The van der Waals surface area contributed by atoms with E-state index >= 15 is 0 Å². The predicted molar refractivity (Wildman–Crippen MR) is 84.5 cm³/mol. The van der Waals surface area contributed by atoms with Gasteiger partial charge in [0.1, 0.15) is 0 Å². The highest BCUT2D eigenvalue weighted by Gasteiger charge is 2.33. The summed E-state index contributed by atoms with van der Waals surface area (Å²) in [5.74, 6) is 0. The van der Waals surface area contributed by atoms with Crippen LogP contribution in [0.1, 0.15) is 59.3 Å². The minimum atomic E-state index is 0.189. The van der Waals surface area contributed by atoms with E-state index in [1.807, 2.05) is 0 Å². The third-order valence-electron chi connectivity index (χ3n) is 5.16. The molecule has 114 valence electrons. The van der Waals surface area contributed by atoms with Gasteiger partial charge in [-0.05, 0) is 52.9 Å². The molecule has 1 atom stereocenters. The molecule has 3 heteroatoms. The van der Waals surface area contributed by atoms with E-state index < -0.39 is 0 Å². The van der Waals surface area contributed by atoms with Crippen LogP contribution < -0.4 is 5.73 Å². The molecule has 1 saturated heterocycles. The van der Waals surface area contributed by atoms with Gasteiger partial charge in [0.25, 0.3) is 0 Å². The predicted octanol–water partition coefficient (Wildman–Crippen LogP) is 2.70. The molecule has 1 aliphatic rings. The first-order valence-electron chi connectivity index (χ1n) is 8.22. The fourth-order valence-electron chi connectivity index (χ4n) is 3.24. The first kappa shape index (κ1) is 16.9. The standard InChI is InChI=1S/C16H35N3/c1-5-7-8-11-16(3,14-17)18(4)15-9-12-19(6-2)13-10-15/h15H,5-14,17H2,1-4H3. The Morgan fingerprint density at radius 3 is 2.32 bits per heavy atom. The average Bonchev–Trinajstić information content (AvgIpc) is 2.46. The summed E-state index contributed by atoms with van der Waals surface area (Å²) in [5.41, 5.74) is 6.29. The molecular weight excluding hydrogens is 234 g/mol. The molecule has 0 aromatic carbocycles. The lowest BCUT2D eigenvalue weighted by molar-refractivity contribution is 0.0434. The van der Waals surface area contributed by atoms with Gasteiger partial charge in [-0.25, -0.2) is 0 Å². The molecule has 2 N–H and O–H groups in total. The summed E-state index contributed by atoms with van der Waals surface area (Å²) in [6.45, 7) is 11.4. The van der Waals surface area contributed by atoms with Crippen LogP contribution >= 0.6 is 0 Å². The highest BCUT2D eigenvalue weighted by Crippen LogP contribution is 2.26. The maximum Gasteiger partial charge on any atom is 0.0303 e. The Morgan fingerprint density at radius 2 is 1.84 bits per heavy atom. The molecule has 1 fully saturated rings. The summed E-state index contributed by atoms with van der Waals surface area (Å²) in [6.07, 6.45) is 7.77. The van der Waals surface area contributed by atoms with E-state index in [-0.39, 0.29) is 5.54 Å². The Labute approximate surface area is 120 Å². The van der Waals surface area contributed by atoms with Crippen molar-refractivity contribution in [1.82, 2.24) is 9.80 Å². The van der Waals surface area contributed by atoms with E-state index in [1.54, 1.807) is 0 Å². The zero-order chi connectivity index (χ0) is 14.3. The number of rotatable bonds is 8. The van der Waals surface area contributed by atoms with Crippen LogP contribution in [0.25, 0.3) is 0 Å². The summed E-state index contributed by atoms with van der Waals surface area (Å²) in [4.78, 5) is 5.15. The number of likely N-dealkylation sites (N-methyl/N-ethyl adjacent to an activating group) is 1. The van der Waals surface area contributed by atoms with Crippen LogP contribution in [0, 0.1) is 0 Å². The van der Waals surface area contributed by atoms with Crippen LogP contribution in [-0.2, 0) is 0 Å². The van der Waals surface area contributed by atoms with Crippen LogP contribution in [-0.4, -0.2) is 54.6 Å². The molecule has 1 aliphatic heterocycles. The number of unbranched alkanes of at least 4 members (excludes halogenated alkanes) is 2.